The number of nitrogens with zero attached hydrogens (tertiary/aromatic N) is 1. The van der Waals surface area contributed by atoms with Gasteiger partial charge in [0.25, 0.3) is 0 Å². The van der Waals surface area contributed by atoms with E-state index in [1.54, 1.807) is 0 Å². The third-order valence-electron chi connectivity index (χ3n) is 3.86. The highest BCUT2D eigenvalue weighted by molar-refractivity contribution is 5.33. The molecule has 2 rings (SSSR count). The normalized spacial score (nSPS) is 22.4. The number of aryl methyl sites for hydroxylation is 2. The van der Waals surface area contributed by atoms with Crippen LogP contribution < -0.4 is 5.32 Å². The Hall–Kier alpha value is -0.900. The fraction of sp³-hybridized carbons (Fsp3) is 0.625. The molecule has 0 aliphatic carbocycles. The molecule has 0 bridgehead atoms. The molecule has 2 unspecified atom stereocenters. The summed E-state index contributed by atoms with van der Waals surface area (Å²) in [6.07, 6.45) is 0.235. The van der Waals surface area contributed by atoms with Crippen LogP contribution in [0.15, 0.2) is 18.2 Å². The Morgan fingerprint density at radius 2 is 2.21 bits per heavy atom. The molecule has 1 saturated heterocycles. The van der Waals surface area contributed by atoms with Gasteiger partial charge in [0.1, 0.15) is 0 Å². The molecule has 19 heavy (non-hydrogen) atoms. The van der Waals surface area contributed by atoms with Crippen molar-refractivity contribution in [1.29, 1.82) is 0 Å². The minimum absolute atomic E-state index is 0.235. The fourth-order valence-corrected chi connectivity index (χ4v) is 2.77. The summed E-state index contributed by atoms with van der Waals surface area (Å²) < 4.78 is 6.01. The summed E-state index contributed by atoms with van der Waals surface area (Å²) in [5.74, 6) is 0. The van der Waals surface area contributed by atoms with Crippen molar-refractivity contribution in [3.05, 3.63) is 34.9 Å². The molecule has 1 aliphatic heterocycles. The van der Waals surface area contributed by atoms with Gasteiger partial charge in [0.15, 0.2) is 0 Å². The number of rotatable bonds is 4. The fourth-order valence-electron chi connectivity index (χ4n) is 2.77. The van der Waals surface area contributed by atoms with Gasteiger partial charge in [0.05, 0.1) is 18.8 Å². The van der Waals surface area contributed by atoms with Crippen LogP contribution in [0.25, 0.3) is 0 Å². The molecule has 1 aliphatic rings. The van der Waals surface area contributed by atoms with E-state index in [0.29, 0.717) is 0 Å². The maximum Gasteiger partial charge on any atom is 0.0896 e. The van der Waals surface area contributed by atoms with Crippen molar-refractivity contribution in [2.24, 2.45) is 0 Å². The number of ether oxygens (including phenoxy) is 1. The summed E-state index contributed by atoms with van der Waals surface area (Å²) in [5, 5.41) is 3.61. The second-order valence-electron chi connectivity index (χ2n) is 5.57. The number of benzene rings is 1. The predicted octanol–water partition coefficient (Wildman–Crippen LogP) is 2.28. The van der Waals surface area contributed by atoms with E-state index in [1.165, 1.54) is 16.7 Å². The summed E-state index contributed by atoms with van der Waals surface area (Å²) in [4.78, 5) is 2.35. The average Bonchev–Trinajstić information content (AvgIpc) is 2.39. The Kier molecular flexibility index (Phi) is 4.97. The van der Waals surface area contributed by atoms with Crippen LogP contribution in [0.5, 0.6) is 0 Å². The molecule has 0 radical (unpaired) electrons. The first-order valence-electron chi connectivity index (χ1n) is 7.22. The van der Waals surface area contributed by atoms with Crippen LogP contribution >= 0.6 is 0 Å². The van der Waals surface area contributed by atoms with Gasteiger partial charge in [-0.15, -0.1) is 0 Å². The van der Waals surface area contributed by atoms with Gasteiger partial charge in [0, 0.05) is 13.1 Å². The van der Waals surface area contributed by atoms with Crippen molar-refractivity contribution in [3.8, 4) is 0 Å². The van der Waals surface area contributed by atoms with E-state index < -0.39 is 0 Å². The molecular weight excluding hydrogens is 236 g/mol. The Morgan fingerprint density at radius 3 is 2.89 bits per heavy atom. The number of hydrogen-bond acceptors (Lipinski definition) is 3. The topological polar surface area (TPSA) is 24.5 Å². The summed E-state index contributed by atoms with van der Waals surface area (Å²) >= 11 is 0. The van der Waals surface area contributed by atoms with E-state index in [-0.39, 0.29) is 12.1 Å². The van der Waals surface area contributed by atoms with Crippen LogP contribution in [-0.4, -0.2) is 44.3 Å². The maximum absolute atomic E-state index is 6.01. The van der Waals surface area contributed by atoms with Gasteiger partial charge in [-0.1, -0.05) is 30.7 Å². The molecule has 1 N–H and O–H groups in total. The van der Waals surface area contributed by atoms with E-state index in [0.717, 1.165) is 26.2 Å². The highest BCUT2D eigenvalue weighted by Gasteiger charge is 2.28. The van der Waals surface area contributed by atoms with Crippen molar-refractivity contribution in [2.45, 2.75) is 32.9 Å². The van der Waals surface area contributed by atoms with Gasteiger partial charge in [-0.2, -0.15) is 0 Å². The first-order chi connectivity index (χ1) is 9.11. The third kappa shape index (κ3) is 3.56. The zero-order valence-corrected chi connectivity index (χ0v) is 12.6. The predicted molar refractivity (Wildman–Crippen MR) is 79.6 cm³/mol. The highest BCUT2D eigenvalue weighted by atomic mass is 16.5. The molecule has 0 aromatic heterocycles. The van der Waals surface area contributed by atoms with E-state index in [9.17, 15) is 0 Å². The molecule has 1 aromatic rings. The quantitative estimate of drug-likeness (QED) is 0.901. The molecule has 106 valence electrons. The first kappa shape index (κ1) is 14.5. The molecule has 3 nitrogen and oxygen atoms in total. The maximum atomic E-state index is 6.01. The molecule has 1 heterocycles. The SMILES string of the molecule is CCNC(c1cc(C)ccc1C)C1CN(C)CCO1. The first-order valence-corrected chi connectivity index (χ1v) is 7.22. The van der Waals surface area contributed by atoms with E-state index >= 15 is 0 Å². The summed E-state index contributed by atoms with van der Waals surface area (Å²) in [6.45, 7) is 10.3. The zero-order chi connectivity index (χ0) is 13.8. The summed E-state index contributed by atoms with van der Waals surface area (Å²) in [5.41, 5.74) is 4.03. The molecule has 3 heteroatoms. The monoisotopic (exact) mass is 262 g/mol. The Bertz CT molecular complexity index is 419. The molecule has 0 saturated carbocycles. The van der Waals surface area contributed by atoms with Crippen molar-refractivity contribution >= 4 is 0 Å². The number of likely N-dealkylation sites (N-methyl/N-ethyl adjacent to an activating group) is 2. The molecule has 1 fully saturated rings. The van der Waals surface area contributed by atoms with Gasteiger partial charge in [-0.05, 0) is 38.6 Å². The molecule has 0 spiro atoms. The largest absolute Gasteiger partial charge is 0.374 e. The summed E-state index contributed by atoms with van der Waals surface area (Å²) in [7, 11) is 2.17. The van der Waals surface area contributed by atoms with Crippen LogP contribution in [0.4, 0.5) is 0 Å². The smallest absolute Gasteiger partial charge is 0.0896 e. The molecule has 1 aromatic carbocycles. The second kappa shape index (κ2) is 6.51. The van der Waals surface area contributed by atoms with Crippen LogP contribution in [0, 0.1) is 13.8 Å². The second-order valence-corrected chi connectivity index (χ2v) is 5.57. The van der Waals surface area contributed by atoms with Gasteiger partial charge >= 0.3 is 0 Å². The van der Waals surface area contributed by atoms with Gasteiger partial charge in [-0.25, -0.2) is 0 Å². The molecule has 2 atom stereocenters. The lowest BCUT2D eigenvalue weighted by molar-refractivity contribution is -0.0391. The Balaban J connectivity index is 2.25. The van der Waals surface area contributed by atoms with E-state index in [2.05, 4.69) is 56.2 Å². The highest BCUT2D eigenvalue weighted by Crippen LogP contribution is 2.25. The molecule has 0 amide bonds. The van der Waals surface area contributed by atoms with Crippen molar-refractivity contribution in [3.63, 3.8) is 0 Å². The van der Waals surface area contributed by atoms with Gasteiger partial charge < -0.3 is 15.0 Å². The van der Waals surface area contributed by atoms with Crippen LogP contribution in [0.3, 0.4) is 0 Å². The Labute approximate surface area is 116 Å². The standard InChI is InChI=1S/C16H26N2O/c1-5-17-16(15-11-18(4)8-9-19-15)14-10-12(2)6-7-13(14)3/h6-7,10,15-17H,5,8-9,11H2,1-4H3. The lowest BCUT2D eigenvalue weighted by Gasteiger charge is -2.36. The number of hydrogen-bond donors (Lipinski definition) is 1. The van der Waals surface area contributed by atoms with Crippen LogP contribution in [-0.2, 0) is 4.74 Å². The van der Waals surface area contributed by atoms with E-state index in [4.69, 9.17) is 4.74 Å². The third-order valence-corrected chi connectivity index (χ3v) is 3.86. The van der Waals surface area contributed by atoms with Crippen LogP contribution in [0.2, 0.25) is 0 Å². The number of nitrogens with one attached hydrogen (secondary N) is 1. The lowest BCUT2D eigenvalue weighted by Crippen LogP contribution is -2.46. The zero-order valence-electron chi connectivity index (χ0n) is 12.6. The van der Waals surface area contributed by atoms with Gasteiger partial charge in [0.2, 0.25) is 0 Å². The van der Waals surface area contributed by atoms with E-state index in [1.807, 2.05) is 0 Å². The van der Waals surface area contributed by atoms with Crippen LogP contribution in [0.1, 0.15) is 29.7 Å². The van der Waals surface area contributed by atoms with Crippen molar-refractivity contribution < 1.29 is 4.74 Å². The molecular formula is C16H26N2O. The van der Waals surface area contributed by atoms with Gasteiger partial charge in [-0.3, -0.25) is 0 Å². The van der Waals surface area contributed by atoms with Crippen molar-refractivity contribution in [1.82, 2.24) is 10.2 Å². The van der Waals surface area contributed by atoms with Crippen molar-refractivity contribution in [2.75, 3.05) is 33.3 Å². The average molecular weight is 262 g/mol. The lowest BCUT2D eigenvalue weighted by atomic mass is 9.94. The number of morpholine rings is 1. The summed E-state index contributed by atoms with van der Waals surface area (Å²) in [6, 6.07) is 6.96. The minimum atomic E-state index is 0.235. The Morgan fingerprint density at radius 1 is 1.42 bits per heavy atom. The minimum Gasteiger partial charge on any atom is -0.374 e.